The maximum absolute atomic E-state index is 13.9. The van der Waals surface area contributed by atoms with Crippen molar-refractivity contribution < 1.29 is 18.3 Å². The van der Waals surface area contributed by atoms with Crippen molar-refractivity contribution in [3.05, 3.63) is 28.8 Å². The number of anilines is 1. The average molecular weight is 255 g/mol. The minimum Gasteiger partial charge on any atom is -0.465 e. The van der Waals surface area contributed by atoms with E-state index >= 15 is 0 Å². The number of methoxy groups -OCH3 is 1. The summed E-state index contributed by atoms with van der Waals surface area (Å²) >= 11 is 0. The molecule has 1 aromatic rings. The van der Waals surface area contributed by atoms with Crippen LogP contribution in [-0.2, 0) is 4.74 Å². The highest BCUT2D eigenvalue weighted by Crippen LogP contribution is 2.30. The summed E-state index contributed by atoms with van der Waals surface area (Å²) in [4.78, 5) is 11.3. The van der Waals surface area contributed by atoms with Gasteiger partial charge < -0.3 is 10.1 Å². The zero-order valence-electron chi connectivity index (χ0n) is 10.3. The first-order valence-electron chi connectivity index (χ1n) is 5.88. The molecular weight excluding hydrogens is 240 g/mol. The van der Waals surface area contributed by atoms with Gasteiger partial charge in [-0.1, -0.05) is 0 Å². The van der Waals surface area contributed by atoms with Crippen molar-refractivity contribution >= 4 is 11.7 Å². The Morgan fingerprint density at radius 1 is 1.39 bits per heavy atom. The molecular formula is C13H15F2NO2. The number of hydrogen-bond acceptors (Lipinski definition) is 3. The maximum atomic E-state index is 13.9. The van der Waals surface area contributed by atoms with Crippen molar-refractivity contribution in [1.29, 1.82) is 0 Å². The van der Waals surface area contributed by atoms with Gasteiger partial charge >= 0.3 is 5.97 Å². The minimum atomic E-state index is -1.16. The minimum absolute atomic E-state index is 0.143. The number of ether oxygens (including phenoxy) is 1. The Labute approximate surface area is 104 Å². The molecule has 18 heavy (non-hydrogen) atoms. The fourth-order valence-electron chi connectivity index (χ4n) is 1.95. The molecule has 5 heteroatoms. The monoisotopic (exact) mass is 255 g/mol. The second-order valence-corrected chi connectivity index (χ2v) is 4.51. The zero-order chi connectivity index (χ0) is 13.3. The standard InChI is InChI=1S/C13H15F2NO2/c1-7-6-9(13(17)18-2)10(14)11(15)12(7)16-8-4-3-5-8/h6,8,16H,3-5H2,1-2H3. The van der Waals surface area contributed by atoms with Gasteiger partial charge in [-0.05, 0) is 37.8 Å². The van der Waals surface area contributed by atoms with Crippen LogP contribution in [0.25, 0.3) is 0 Å². The summed E-state index contributed by atoms with van der Waals surface area (Å²) in [5, 5.41) is 2.97. The van der Waals surface area contributed by atoms with Crippen molar-refractivity contribution in [1.82, 2.24) is 0 Å². The van der Waals surface area contributed by atoms with Crippen LogP contribution >= 0.6 is 0 Å². The molecule has 0 aromatic heterocycles. The molecule has 0 heterocycles. The van der Waals surface area contributed by atoms with Crippen molar-refractivity contribution in [2.75, 3.05) is 12.4 Å². The molecule has 1 aliphatic carbocycles. The van der Waals surface area contributed by atoms with E-state index in [2.05, 4.69) is 10.1 Å². The molecule has 0 bridgehead atoms. The topological polar surface area (TPSA) is 38.3 Å². The van der Waals surface area contributed by atoms with Gasteiger partial charge in [0.1, 0.15) is 0 Å². The fourth-order valence-corrected chi connectivity index (χ4v) is 1.95. The highest BCUT2D eigenvalue weighted by Gasteiger charge is 2.24. The summed E-state index contributed by atoms with van der Waals surface area (Å²) in [7, 11) is 1.13. The first kappa shape index (κ1) is 12.8. The van der Waals surface area contributed by atoms with E-state index in [1.807, 2.05) is 0 Å². The Morgan fingerprint density at radius 2 is 2.06 bits per heavy atom. The van der Waals surface area contributed by atoms with Crippen LogP contribution in [0, 0.1) is 18.6 Å². The molecule has 0 spiro atoms. The van der Waals surface area contributed by atoms with Crippen molar-refractivity contribution in [3.8, 4) is 0 Å². The van der Waals surface area contributed by atoms with Gasteiger partial charge in [0.2, 0.25) is 0 Å². The smallest absolute Gasteiger partial charge is 0.340 e. The lowest BCUT2D eigenvalue weighted by Crippen LogP contribution is -2.28. The van der Waals surface area contributed by atoms with Crippen LogP contribution in [0.15, 0.2) is 6.07 Å². The third-order valence-electron chi connectivity index (χ3n) is 3.26. The second-order valence-electron chi connectivity index (χ2n) is 4.51. The van der Waals surface area contributed by atoms with Crippen LogP contribution in [0.3, 0.4) is 0 Å². The first-order valence-corrected chi connectivity index (χ1v) is 5.88. The number of hydrogen-bond donors (Lipinski definition) is 1. The van der Waals surface area contributed by atoms with Crippen LogP contribution in [-0.4, -0.2) is 19.1 Å². The van der Waals surface area contributed by atoms with Gasteiger partial charge in [-0.25, -0.2) is 13.6 Å². The Hall–Kier alpha value is -1.65. The molecule has 0 saturated heterocycles. The highest BCUT2D eigenvalue weighted by atomic mass is 19.2. The van der Waals surface area contributed by atoms with Crippen molar-refractivity contribution in [3.63, 3.8) is 0 Å². The molecule has 0 aliphatic heterocycles. The largest absolute Gasteiger partial charge is 0.465 e. The van der Waals surface area contributed by atoms with E-state index in [0.29, 0.717) is 5.56 Å². The summed E-state index contributed by atoms with van der Waals surface area (Å²) in [5.74, 6) is -3.04. The Balaban J connectivity index is 2.37. The van der Waals surface area contributed by atoms with Gasteiger partial charge in [-0.15, -0.1) is 0 Å². The summed E-state index contributed by atoms with van der Waals surface area (Å²) in [6, 6.07) is 1.51. The quantitative estimate of drug-likeness (QED) is 0.844. The molecule has 0 amide bonds. The molecule has 0 unspecified atom stereocenters. The lowest BCUT2D eigenvalue weighted by molar-refractivity contribution is 0.0594. The lowest BCUT2D eigenvalue weighted by Gasteiger charge is -2.28. The summed E-state index contributed by atoms with van der Waals surface area (Å²) in [5.41, 5.74) is 0.276. The summed E-state index contributed by atoms with van der Waals surface area (Å²) in [6.07, 6.45) is 3.01. The van der Waals surface area contributed by atoms with Crippen LogP contribution in [0.4, 0.5) is 14.5 Å². The number of benzene rings is 1. The number of carbonyl (C=O) groups is 1. The second kappa shape index (κ2) is 4.92. The van der Waals surface area contributed by atoms with Crippen LogP contribution in [0.5, 0.6) is 0 Å². The van der Waals surface area contributed by atoms with E-state index in [4.69, 9.17) is 0 Å². The number of aryl methyl sites for hydroxylation is 1. The molecule has 98 valence electrons. The van der Waals surface area contributed by atoms with Gasteiger partial charge in [0.25, 0.3) is 0 Å². The Kier molecular flexibility index (Phi) is 3.50. The van der Waals surface area contributed by atoms with Crippen molar-refractivity contribution in [2.24, 2.45) is 0 Å². The normalized spacial score (nSPS) is 15.1. The van der Waals surface area contributed by atoms with Gasteiger partial charge in [0.05, 0.1) is 18.4 Å². The number of nitrogens with one attached hydrogen (secondary N) is 1. The predicted octanol–water partition coefficient (Wildman–Crippen LogP) is 3.02. The van der Waals surface area contributed by atoms with Gasteiger partial charge in [-0.3, -0.25) is 0 Å². The molecule has 1 aromatic carbocycles. The molecule has 1 N–H and O–H groups in total. The first-order chi connectivity index (χ1) is 8.54. The van der Waals surface area contributed by atoms with E-state index < -0.39 is 17.6 Å². The SMILES string of the molecule is COC(=O)c1cc(C)c(NC2CCC2)c(F)c1F. The third-order valence-corrected chi connectivity index (χ3v) is 3.26. The van der Waals surface area contributed by atoms with E-state index in [-0.39, 0.29) is 17.3 Å². The summed E-state index contributed by atoms with van der Waals surface area (Å²) in [6.45, 7) is 1.63. The van der Waals surface area contributed by atoms with E-state index in [1.54, 1.807) is 6.92 Å². The third kappa shape index (κ3) is 2.17. The van der Waals surface area contributed by atoms with Gasteiger partial charge in [-0.2, -0.15) is 0 Å². The molecule has 1 saturated carbocycles. The zero-order valence-corrected chi connectivity index (χ0v) is 10.3. The average Bonchev–Trinajstić information content (AvgIpc) is 2.30. The van der Waals surface area contributed by atoms with E-state index in [0.717, 1.165) is 26.4 Å². The molecule has 1 aliphatic rings. The van der Waals surface area contributed by atoms with E-state index in [1.165, 1.54) is 6.07 Å². The maximum Gasteiger partial charge on any atom is 0.340 e. The van der Waals surface area contributed by atoms with Crippen LogP contribution in [0.2, 0.25) is 0 Å². The lowest BCUT2D eigenvalue weighted by atomic mass is 9.92. The molecule has 3 nitrogen and oxygen atoms in total. The number of halogens is 2. The Bertz CT molecular complexity index is 484. The van der Waals surface area contributed by atoms with Crippen LogP contribution in [0.1, 0.15) is 35.2 Å². The van der Waals surface area contributed by atoms with Crippen LogP contribution < -0.4 is 5.32 Å². The molecule has 2 rings (SSSR count). The van der Waals surface area contributed by atoms with Crippen molar-refractivity contribution in [2.45, 2.75) is 32.2 Å². The molecule has 1 fully saturated rings. The predicted molar refractivity (Wildman–Crippen MR) is 63.7 cm³/mol. The van der Waals surface area contributed by atoms with Gasteiger partial charge in [0, 0.05) is 6.04 Å². The Morgan fingerprint density at radius 3 is 2.56 bits per heavy atom. The number of esters is 1. The highest BCUT2D eigenvalue weighted by molar-refractivity contribution is 5.90. The number of carbonyl (C=O) groups excluding carboxylic acids is 1. The van der Waals surface area contributed by atoms with Gasteiger partial charge in [0.15, 0.2) is 11.6 Å². The summed E-state index contributed by atoms with van der Waals surface area (Å²) < 4.78 is 32.0. The van der Waals surface area contributed by atoms with E-state index in [9.17, 15) is 13.6 Å². The molecule has 0 radical (unpaired) electrons. The molecule has 0 atom stereocenters. The fraction of sp³-hybridized carbons (Fsp3) is 0.462. The number of rotatable bonds is 3.